The van der Waals surface area contributed by atoms with E-state index < -0.39 is 17.1 Å². The molecule has 0 aromatic heterocycles. The highest BCUT2D eigenvalue weighted by molar-refractivity contribution is 5.50. The molecule has 7 nitrogen and oxygen atoms in total. The fourth-order valence-electron chi connectivity index (χ4n) is 1.79. The smallest absolute Gasteiger partial charge is 0.311 e. The summed E-state index contributed by atoms with van der Waals surface area (Å²) in [5.74, 6) is 0.572. The molecule has 0 aliphatic carbocycles. The highest BCUT2D eigenvalue weighted by Gasteiger charge is 2.29. The molecule has 0 bridgehead atoms. The molecule has 1 aliphatic rings. The van der Waals surface area contributed by atoms with E-state index in [0.29, 0.717) is 18.8 Å². The predicted octanol–water partition coefficient (Wildman–Crippen LogP) is 0.315. The summed E-state index contributed by atoms with van der Waals surface area (Å²) in [7, 11) is 1.47. The Hall–Kier alpha value is -1.86. The zero-order valence-corrected chi connectivity index (χ0v) is 9.83. The second-order valence-corrected chi connectivity index (χ2v) is 3.97. The molecule has 1 fully saturated rings. The molecule has 1 aliphatic heterocycles. The van der Waals surface area contributed by atoms with Crippen molar-refractivity contribution >= 4 is 5.69 Å². The van der Waals surface area contributed by atoms with Crippen molar-refractivity contribution in [3.8, 4) is 11.5 Å². The molecule has 18 heavy (non-hydrogen) atoms. The molecular formula is C11H14N2O5. The first-order chi connectivity index (χ1) is 8.61. The van der Waals surface area contributed by atoms with Crippen LogP contribution in [-0.2, 0) is 0 Å². The molecule has 0 amide bonds. The summed E-state index contributed by atoms with van der Waals surface area (Å²) in [6, 6.07) is 4.26. The van der Waals surface area contributed by atoms with Crippen LogP contribution >= 0.6 is 0 Å². The molecule has 1 heterocycles. The number of nitro benzene ring substituents is 1. The number of nitrogens with one attached hydrogen (secondary N) is 1. The number of methoxy groups -OCH3 is 1. The lowest BCUT2D eigenvalue weighted by atomic mass is 10.2. The summed E-state index contributed by atoms with van der Waals surface area (Å²) in [5, 5.41) is 23.4. The van der Waals surface area contributed by atoms with Gasteiger partial charge in [-0.2, -0.15) is 0 Å². The van der Waals surface area contributed by atoms with Crippen LogP contribution in [0.3, 0.4) is 0 Å². The van der Waals surface area contributed by atoms with Crippen molar-refractivity contribution in [2.75, 3.05) is 20.2 Å². The maximum atomic E-state index is 10.9. The molecule has 2 unspecified atom stereocenters. The Labute approximate surface area is 103 Å². The lowest BCUT2D eigenvalue weighted by Gasteiger charge is -2.16. The Morgan fingerprint density at radius 1 is 1.50 bits per heavy atom. The van der Waals surface area contributed by atoms with E-state index in [1.54, 1.807) is 0 Å². The number of benzene rings is 1. The first kappa shape index (κ1) is 12.6. The van der Waals surface area contributed by atoms with Gasteiger partial charge >= 0.3 is 5.69 Å². The van der Waals surface area contributed by atoms with E-state index in [1.807, 2.05) is 0 Å². The molecule has 0 saturated carbocycles. The first-order valence-electron chi connectivity index (χ1n) is 5.49. The van der Waals surface area contributed by atoms with Gasteiger partial charge in [-0.15, -0.1) is 0 Å². The van der Waals surface area contributed by atoms with E-state index in [0.717, 1.165) is 0 Å². The summed E-state index contributed by atoms with van der Waals surface area (Å²) in [6.45, 7) is 0.873. The third-order valence-electron chi connectivity index (χ3n) is 2.77. The Morgan fingerprint density at radius 3 is 2.83 bits per heavy atom. The van der Waals surface area contributed by atoms with E-state index >= 15 is 0 Å². The van der Waals surface area contributed by atoms with Gasteiger partial charge in [0.2, 0.25) is 5.75 Å². The highest BCUT2D eigenvalue weighted by atomic mass is 16.6. The summed E-state index contributed by atoms with van der Waals surface area (Å²) >= 11 is 0. The average Bonchev–Trinajstić information content (AvgIpc) is 2.74. The number of nitro groups is 1. The Kier molecular flexibility index (Phi) is 3.63. The van der Waals surface area contributed by atoms with Gasteiger partial charge in [0.05, 0.1) is 12.0 Å². The highest BCUT2D eigenvalue weighted by Crippen LogP contribution is 2.32. The van der Waals surface area contributed by atoms with Gasteiger partial charge in [-0.1, -0.05) is 0 Å². The zero-order chi connectivity index (χ0) is 13.1. The molecular weight excluding hydrogens is 240 g/mol. The van der Waals surface area contributed by atoms with E-state index in [-0.39, 0.29) is 11.4 Å². The van der Waals surface area contributed by atoms with Crippen LogP contribution in [0.1, 0.15) is 0 Å². The maximum absolute atomic E-state index is 10.9. The first-order valence-corrected chi connectivity index (χ1v) is 5.49. The SMILES string of the molecule is COc1ccc([N+](=O)[O-])c(OC2CNCC2O)c1. The number of hydrogen-bond acceptors (Lipinski definition) is 6. The summed E-state index contributed by atoms with van der Waals surface area (Å²) in [5.41, 5.74) is -0.144. The van der Waals surface area contributed by atoms with Crippen LogP contribution in [0.15, 0.2) is 18.2 Å². The Bertz CT molecular complexity index is 451. The average molecular weight is 254 g/mol. The van der Waals surface area contributed by atoms with Crippen molar-refractivity contribution in [1.82, 2.24) is 5.32 Å². The molecule has 0 radical (unpaired) electrons. The van der Waals surface area contributed by atoms with Crippen LogP contribution in [0.4, 0.5) is 5.69 Å². The van der Waals surface area contributed by atoms with Gasteiger partial charge in [-0.3, -0.25) is 10.1 Å². The fraction of sp³-hybridized carbons (Fsp3) is 0.455. The lowest BCUT2D eigenvalue weighted by Crippen LogP contribution is -2.30. The summed E-state index contributed by atoms with van der Waals surface area (Å²) < 4.78 is 10.5. The van der Waals surface area contributed by atoms with Crippen molar-refractivity contribution < 1.29 is 19.5 Å². The minimum atomic E-state index is -0.671. The molecule has 2 rings (SSSR count). The molecule has 2 N–H and O–H groups in total. The van der Waals surface area contributed by atoms with Gasteiger partial charge in [0.1, 0.15) is 18.0 Å². The second kappa shape index (κ2) is 5.19. The van der Waals surface area contributed by atoms with Gasteiger partial charge in [0.15, 0.2) is 0 Å². The van der Waals surface area contributed by atoms with Gasteiger partial charge in [-0.25, -0.2) is 0 Å². The Balaban J connectivity index is 2.25. The van der Waals surface area contributed by atoms with Crippen molar-refractivity contribution in [1.29, 1.82) is 0 Å². The fourth-order valence-corrected chi connectivity index (χ4v) is 1.79. The van der Waals surface area contributed by atoms with Crippen molar-refractivity contribution in [2.24, 2.45) is 0 Å². The molecule has 98 valence electrons. The standard InChI is InChI=1S/C11H14N2O5/c1-17-7-2-3-8(13(15)16)10(4-7)18-11-6-12-5-9(11)14/h2-4,9,11-12,14H,5-6H2,1H3. The number of aliphatic hydroxyl groups excluding tert-OH is 1. The minimum absolute atomic E-state index is 0.104. The van der Waals surface area contributed by atoms with Crippen LogP contribution in [0.5, 0.6) is 11.5 Å². The Morgan fingerprint density at radius 2 is 2.28 bits per heavy atom. The van der Waals surface area contributed by atoms with E-state index in [2.05, 4.69) is 5.32 Å². The zero-order valence-electron chi connectivity index (χ0n) is 9.83. The maximum Gasteiger partial charge on any atom is 0.311 e. The summed E-state index contributed by atoms with van der Waals surface area (Å²) in [6.07, 6.45) is -1.16. The van der Waals surface area contributed by atoms with E-state index in [1.165, 1.54) is 25.3 Å². The molecule has 7 heteroatoms. The monoisotopic (exact) mass is 254 g/mol. The second-order valence-electron chi connectivity index (χ2n) is 3.97. The number of ether oxygens (including phenoxy) is 2. The molecule has 0 spiro atoms. The largest absolute Gasteiger partial charge is 0.497 e. The van der Waals surface area contributed by atoms with Crippen LogP contribution in [0.25, 0.3) is 0 Å². The topological polar surface area (TPSA) is 93.9 Å². The van der Waals surface area contributed by atoms with Crippen molar-refractivity contribution in [3.63, 3.8) is 0 Å². The van der Waals surface area contributed by atoms with Crippen LogP contribution in [0.2, 0.25) is 0 Å². The molecule has 2 atom stereocenters. The third-order valence-corrected chi connectivity index (χ3v) is 2.77. The van der Waals surface area contributed by atoms with Gasteiger partial charge in [0, 0.05) is 25.2 Å². The van der Waals surface area contributed by atoms with Gasteiger partial charge < -0.3 is 19.9 Å². The van der Waals surface area contributed by atoms with Crippen LogP contribution < -0.4 is 14.8 Å². The lowest BCUT2D eigenvalue weighted by molar-refractivity contribution is -0.386. The molecule has 1 saturated heterocycles. The summed E-state index contributed by atoms with van der Waals surface area (Å²) in [4.78, 5) is 10.4. The van der Waals surface area contributed by atoms with E-state index in [9.17, 15) is 15.2 Å². The predicted molar refractivity (Wildman–Crippen MR) is 62.9 cm³/mol. The third kappa shape index (κ3) is 2.52. The number of β-amino-alcohol motifs (C(OH)–C–C–N with tert-alkyl or cyclic N) is 1. The van der Waals surface area contributed by atoms with E-state index in [4.69, 9.17) is 9.47 Å². The van der Waals surface area contributed by atoms with Gasteiger partial charge in [-0.05, 0) is 6.07 Å². The van der Waals surface area contributed by atoms with Crippen LogP contribution in [0, 0.1) is 10.1 Å². The number of aliphatic hydroxyl groups is 1. The quantitative estimate of drug-likeness (QED) is 0.593. The van der Waals surface area contributed by atoms with Crippen LogP contribution in [-0.4, -0.2) is 42.4 Å². The number of hydrogen-bond donors (Lipinski definition) is 2. The van der Waals surface area contributed by atoms with Crippen molar-refractivity contribution in [2.45, 2.75) is 12.2 Å². The molecule has 1 aromatic rings. The van der Waals surface area contributed by atoms with Gasteiger partial charge in [0.25, 0.3) is 0 Å². The minimum Gasteiger partial charge on any atom is -0.497 e. The number of rotatable bonds is 4. The van der Waals surface area contributed by atoms with Crippen molar-refractivity contribution in [3.05, 3.63) is 28.3 Å². The molecule has 1 aromatic carbocycles. The normalized spacial score (nSPS) is 22.8. The number of nitrogens with zero attached hydrogens (tertiary/aromatic N) is 1.